The summed E-state index contributed by atoms with van der Waals surface area (Å²) in [5.41, 5.74) is 1.65. The second kappa shape index (κ2) is 4.93. The maximum absolute atomic E-state index is 11.8. The first-order valence-electron chi connectivity index (χ1n) is 5.33. The van der Waals surface area contributed by atoms with E-state index in [0.717, 1.165) is 35.2 Å². The van der Waals surface area contributed by atoms with E-state index in [9.17, 15) is 4.79 Å². The van der Waals surface area contributed by atoms with Crippen molar-refractivity contribution in [3.05, 3.63) is 22.4 Å². The molecule has 0 spiro atoms. The van der Waals surface area contributed by atoms with Crippen LogP contribution in [0.4, 0.5) is 5.69 Å². The monoisotopic (exact) mass is 283 g/mol. The number of pyridine rings is 1. The molecule has 1 aromatic rings. The van der Waals surface area contributed by atoms with Crippen molar-refractivity contribution in [2.24, 2.45) is 0 Å². The number of halogens is 1. The molecule has 1 aromatic heterocycles. The van der Waals surface area contributed by atoms with Crippen molar-refractivity contribution in [3.63, 3.8) is 0 Å². The highest BCUT2D eigenvalue weighted by Crippen LogP contribution is 2.18. The summed E-state index contributed by atoms with van der Waals surface area (Å²) in [6, 6.07) is 1.81. The minimum Gasteiger partial charge on any atom is -0.323 e. The lowest BCUT2D eigenvalue weighted by Crippen LogP contribution is -2.35. The molecule has 0 saturated carbocycles. The van der Waals surface area contributed by atoms with E-state index in [1.165, 1.54) is 0 Å². The number of carbonyl (C=O) groups is 1. The Morgan fingerprint density at radius 1 is 1.69 bits per heavy atom. The van der Waals surface area contributed by atoms with Crippen molar-refractivity contribution in [1.29, 1.82) is 0 Å². The molecule has 2 N–H and O–H groups in total. The first-order valence-corrected chi connectivity index (χ1v) is 6.12. The molecule has 0 aromatic carbocycles. The minimum atomic E-state index is -0.0555. The van der Waals surface area contributed by atoms with Crippen molar-refractivity contribution < 1.29 is 4.79 Å². The van der Waals surface area contributed by atoms with Gasteiger partial charge in [0.2, 0.25) is 5.91 Å². The van der Waals surface area contributed by atoms with Crippen LogP contribution in [-0.2, 0) is 4.79 Å². The molecule has 86 valence electrons. The molecule has 2 heterocycles. The third-order valence-electron chi connectivity index (χ3n) is 2.67. The van der Waals surface area contributed by atoms with Crippen LogP contribution in [0.5, 0.6) is 0 Å². The van der Waals surface area contributed by atoms with Gasteiger partial charge in [-0.2, -0.15) is 0 Å². The Balaban J connectivity index is 2.02. The van der Waals surface area contributed by atoms with Gasteiger partial charge in [0.1, 0.15) is 0 Å². The van der Waals surface area contributed by atoms with Gasteiger partial charge in [-0.15, -0.1) is 0 Å². The summed E-state index contributed by atoms with van der Waals surface area (Å²) < 4.78 is 0.907. The number of carbonyl (C=O) groups excluding carboxylic acids is 1. The molecule has 1 aliphatic heterocycles. The summed E-state index contributed by atoms with van der Waals surface area (Å²) in [6.45, 7) is 2.84. The molecule has 1 atom stereocenters. The number of aromatic nitrogens is 1. The van der Waals surface area contributed by atoms with E-state index in [4.69, 9.17) is 0 Å². The summed E-state index contributed by atoms with van der Waals surface area (Å²) in [4.78, 5) is 16.0. The van der Waals surface area contributed by atoms with Gasteiger partial charge in [0.05, 0.1) is 23.6 Å². The van der Waals surface area contributed by atoms with Gasteiger partial charge < -0.3 is 10.6 Å². The van der Waals surface area contributed by atoms with Crippen molar-refractivity contribution in [2.75, 3.05) is 11.9 Å². The second-order valence-electron chi connectivity index (χ2n) is 3.93. The molecule has 2 rings (SSSR count). The van der Waals surface area contributed by atoms with Crippen molar-refractivity contribution >= 4 is 27.5 Å². The Kier molecular flexibility index (Phi) is 3.56. The summed E-state index contributed by atoms with van der Waals surface area (Å²) in [5.74, 6) is 0.0232. The van der Waals surface area contributed by atoms with E-state index in [-0.39, 0.29) is 11.9 Å². The van der Waals surface area contributed by atoms with Crippen LogP contribution < -0.4 is 10.6 Å². The normalized spacial score (nSPS) is 19.8. The Bertz CT molecular complexity index is 402. The topological polar surface area (TPSA) is 54.0 Å². The average Bonchev–Trinajstić information content (AvgIpc) is 2.77. The molecule has 0 aliphatic carbocycles. The molecule has 1 saturated heterocycles. The Morgan fingerprint density at radius 3 is 3.12 bits per heavy atom. The summed E-state index contributed by atoms with van der Waals surface area (Å²) >= 11 is 3.39. The lowest BCUT2D eigenvalue weighted by Gasteiger charge is -2.11. The highest BCUT2D eigenvalue weighted by atomic mass is 79.9. The smallest absolute Gasteiger partial charge is 0.241 e. The van der Waals surface area contributed by atoms with Gasteiger partial charge in [0.15, 0.2) is 0 Å². The van der Waals surface area contributed by atoms with E-state index in [2.05, 4.69) is 31.5 Å². The van der Waals surface area contributed by atoms with E-state index < -0.39 is 0 Å². The summed E-state index contributed by atoms with van der Waals surface area (Å²) in [7, 11) is 0. The Labute approximate surface area is 103 Å². The van der Waals surface area contributed by atoms with Crippen LogP contribution in [0.25, 0.3) is 0 Å². The largest absolute Gasteiger partial charge is 0.323 e. The molecule has 0 bridgehead atoms. The van der Waals surface area contributed by atoms with E-state index in [1.54, 1.807) is 6.20 Å². The summed E-state index contributed by atoms with van der Waals surface area (Å²) in [6.07, 6.45) is 3.65. The van der Waals surface area contributed by atoms with E-state index >= 15 is 0 Å². The predicted molar refractivity (Wildman–Crippen MR) is 66.3 cm³/mol. The van der Waals surface area contributed by atoms with Crippen LogP contribution in [0, 0.1) is 6.92 Å². The number of rotatable bonds is 2. The Morgan fingerprint density at radius 2 is 2.50 bits per heavy atom. The molecule has 5 heteroatoms. The number of nitrogens with zero attached hydrogens (tertiary/aromatic N) is 1. The molecule has 0 unspecified atom stereocenters. The zero-order chi connectivity index (χ0) is 11.5. The van der Waals surface area contributed by atoms with Gasteiger partial charge in [-0.3, -0.25) is 9.78 Å². The first kappa shape index (κ1) is 11.5. The maximum Gasteiger partial charge on any atom is 0.241 e. The highest BCUT2D eigenvalue weighted by molar-refractivity contribution is 9.10. The molecule has 1 amide bonds. The number of hydrogen-bond donors (Lipinski definition) is 2. The minimum absolute atomic E-state index is 0.0232. The van der Waals surface area contributed by atoms with Crippen LogP contribution in [0.3, 0.4) is 0 Å². The van der Waals surface area contributed by atoms with Crippen LogP contribution in [-0.4, -0.2) is 23.5 Å². The number of amides is 1. The van der Waals surface area contributed by atoms with Gasteiger partial charge in [-0.05, 0) is 48.3 Å². The second-order valence-corrected chi connectivity index (χ2v) is 4.78. The molecule has 4 nitrogen and oxygen atoms in total. The predicted octanol–water partition coefficient (Wildman–Crippen LogP) is 1.84. The molecule has 1 aliphatic rings. The lowest BCUT2D eigenvalue weighted by molar-refractivity contribution is -0.117. The van der Waals surface area contributed by atoms with E-state index in [0.29, 0.717) is 0 Å². The first-order chi connectivity index (χ1) is 7.66. The average molecular weight is 284 g/mol. The zero-order valence-electron chi connectivity index (χ0n) is 9.09. The van der Waals surface area contributed by atoms with Gasteiger partial charge in [0, 0.05) is 4.47 Å². The van der Waals surface area contributed by atoms with Gasteiger partial charge in [-0.25, -0.2) is 0 Å². The molecule has 16 heavy (non-hydrogen) atoms. The zero-order valence-corrected chi connectivity index (χ0v) is 10.7. The number of aryl methyl sites for hydroxylation is 1. The lowest BCUT2D eigenvalue weighted by atomic mass is 10.2. The van der Waals surface area contributed by atoms with Crippen molar-refractivity contribution in [1.82, 2.24) is 10.3 Å². The van der Waals surface area contributed by atoms with Gasteiger partial charge in [-0.1, -0.05) is 0 Å². The molecular formula is C11H14BrN3O. The fourth-order valence-electron chi connectivity index (χ4n) is 1.71. The summed E-state index contributed by atoms with van der Waals surface area (Å²) in [5, 5.41) is 6.02. The quantitative estimate of drug-likeness (QED) is 0.871. The Hall–Kier alpha value is -0.940. The van der Waals surface area contributed by atoms with Crippen LogP contribution >= 0.6 is 15.9 Å². The SMILES string of the molecule is Cc1ncc(NC(=O)[C@@H]2CCCN2)cc1Br. The van der Waals surface area contributed by atoms with Crippen LogP contribution in [0.2, 0.25) is 0 Å². The standard InChI is InChI=1S/C11H14BrN3O/c1-7-9(12)5-8(6-14-7)15-11(16)10-3-2-4-13-10/h5-6,10,13H,2-4H2,1H3,(H,15,16)/t10-/m0/s1. The van der Waals surface area contributed by atoms with Crippen molar-refractivity contribution in [2.45, 2.75) is 25.8 Å². The molecule has 0 radical (unpaired) electrons. The van der Waals surface area contributed by atoms with Crippen LogP contribution in [0.15, 0.2) is 16.7 Å². The highest BCUT2D eigenvalue weighted by Gasteiger charge is 2.21. The fraction of sp³-hybridized carbons (Fsp3) is 0.455. The van der Waals surface area contributed by atoms with Gasteiger partial charge in [0.25, 0.3) is 0 Å². The number of nitrogens with one attached hydrogen (secondary N) is 2. The molecular weight excluding hydrogens is 270 g/mol. The number of hydrogen-bond acceptors (Lipinski definition) is 3. The third-order valence-corrected chi connectivity index (χ3v) is 3.47. The van der Waals surface area contributed by atoms with Crippen molar-refractivity contribution in [3.8, 4) is 0 Å². The third kappa shape index (κ3) is 2.59. The number of anilines is 1. The maximum atomic E-state index is 11.8. The van der Waals surface area contributed by atoms with E-state index in [1.807, 2.05) is 13.0 Å². The van der Waals surface area contributed by atoms with Crippen LogP contribution in [0.1, 0.15) is 18.5 Å². The van der Waals surface area contributed by atoms with Gasteiger partial charge >= 0.3 is 0 Å². The fourth-order valence-corrected chi connectivity index (χ4v) is 2.06. The molecule has 1 fully saturated rings.